The fraction of sp³-hybridized carbons (Fsp3) is 0.500. The summed E-state index contributed by atoms with van der Waals surface area (Å²) in [5, 5.41) is 8.71. The van der Waals surface area contributed by atoms with Gasteiger partial charge in [-0.05, 0) is 38.0 Å². The van der Waals surface area contributed by atoms with E-state index in [2.05, 4.69) is 0 Å². The molecular formula is C18H23NO5. The summed E-state index contributed by atoms with van der Waals surface area (Å²) in [6.45, 7) is 7.98. The molecule has 0 bridgehead atoms. The zero-order valence-corrected chi connectivity index (χ0v) is 14.5. The molecule has 0 saturated carbocycles. The van der Waals surface area contributed by atoms with Crippen LogP contribution in [0.2, 0.25) is 0 Å². The third kappa shape index (κ3) is 3.75. The van der Waals surface area contributed by atoms with Crippen LogP contribution in [-0.2, 0) is 9.59 Å². The molecule has 1 aliphatic rings. The maximum Gasteiger partial charge on any atom is 0.303 e. The second kappa shape index (κ2) is 6.63. The Balaban J connectivity index is 2.38. The molecule has 6 nitrogen and oxygen atoms in total. The number of carboxylic acids is 1. The number of nitrogens with zero attached hydrogens (tertiary/aromatic N) is 1. The lowest BCUT2D eigenvalue weighted by atomic mass is 9.99. The molecule has 2 rings (SSSR count). The SMILES string of the molecule is CC(C)CN1C(=O)C(C)(C)Oc2ccc(C(=O)CCC(=O)O)cc21. The van der Waals surface area contributed by atoms with Crippen molar-refractivity contribution in [2.75, 3.05) is 11.4 Å². The van der Waals surface area contributed by atoms with Crippen molar-refractivity contribution >= 4 is 23.3 Å². The molecule has 0 radical (unpaired) electrons. The number of ether oxygens (including phenoxy) is 1. The van der Waals surface area contributed by atoms with Crippen molar-refractivity contribution in [3.8, 4) is 5.75 Å². The standard InChI is InChI=1S/C18H23NO5/c1-11(2)10-19-13-9-12(14(20)6-8-16(21)22)5-7-15(13)24-18(3,4)17(19)23/h5,7,9,11H,6,8,10H2,1-4H3,(H,21,22). The van der Waals surface area contributed by atoms with Crippen LogP contribution in [0.1, 0.15) is 50.9 Å². The minimum absolute atomic E-state index is 0.0708. The van der Waals surface area contributed by atoms with Crippen molar-refractivity contribution in [2.45, 2.75) is 46.1 Å². The van der Waals surface area contributed by atoms with E-state index in [0.29, 0.717) is 23.5 Å². The van der Waals surface area contributed by atoms with Crippen LogP contribution in [0, 0.1) is 5.92 Å². The number of rotatable bonds is 6. The summed E-state index contributed by atoms with van der Waals surface area (Å²) in [5.74, 6) is -0.624. The van der Waals surface area contributed by atoms with Crippen LogP contribution in [0.3, 0.4) is 0 Å². The summed E-state index contributed by atoms with van der Waals surface area (Å²) in [6.07, 6.45) is -0.285. The van der Waals surface area contributed by atoms with E-state index in [4.69, 9.17) is 9.84 Å². The molecule has 0 aromatic heterocycles. The normalized spacial score (nSPS) is 15.9. The van der Waals surface area contributed by atoms with E-state index in [1.165, 1.54) is 0 Å². The van der Waals surface area contributed by atoms with Crippen molar-refractivity contribution in [3.05, 3.63) is 23.8 Å². The molecule has 1 aromatic rings. The fourth-order valence-electron chi connectivity index (χ4n) is 2.65. The van der Waals surface area contributed by atoms with Gasteiger partial charge in [-0.25, -0.2) is 0 Å². The molecule has 0 fully saturated rings. The number of hydrogen-bond donors (Lipinski definition) is 1. The van der Waals surface area contributed by atoms with Gasteiger partial charge in [0, 0.05) is 18.5 Å². The Morgan fingerprint density at radius 2 is 1.92 bits per heavy atom. The van der Waals surface area contributed by atoms with Gasteiger partial charge in [-0.2, -0.15) is 0 Å². The number of hydrogen-bond acceptors (Lipinski definition) is 4. The number of aliphatic carboxylic acids is 1. The number of fused-ring (bicyclic) bond motifs is 1. The second-order valence-corrected chi connectivity index (χ2v) is 6.92. The predicted molar refractivity (Wildman–Crippen MR) is 89.5 cm³/mol. The van der Waals surface area contributed by atoms with Crippen LogP contribution >= 0.6 is 0 Å². The molecule has 24 heavy (non-hydrogen) atoms. The van der Waals surface area contributed by atoms with Crippen molar-refractivity contribution in [1.29, 1.82) is 0 Å². The average Bonchev–Trinajstić information content (AvgIpc) is 2.48. The zero-order chi connectivity index (χ0) is 18.1. The van der Waals surface area contributed by atoms with Crippen molar-refractivity contribution < 1.29 is 24.2 Å². The van der Waals surface area contributed by atoms with Gasteiger partial charge in [0.2, 0.25) is 0 Å². The van der Waals surface area contributed by atoms with Gasteiger partial charge in [-0.3, -0.25) is 14.4 Å². The highest BCUT2D eigenvalue weighted by atomic mass is 16.5. The number of carbonyl (C=O) groups is 3. The monoisotopic (exact) mass is 333 g/mol. The van der Waals surface area contributed by atoms with Crippen LogP contribution in [0.5, 0.6) is 5.75 Å². The minimum Gasteiger partial charge on any atom is -0.481 e. The lowest BCUT2D eigenvalue weighted by Crippen LogP contribution is -2.53. The highest BCUT2D eigenvalue weighted by Crippen LogP contribution is 2.39. The molecule has 1 N–H and O–H groups in total. The van der Waals surface area contributed by atoms with E-state index >= 15 is 0 Å². The zero-order valence-electron chi connectivity index (χ0n) is 14.5. The Morgan fingerprint density at radius 3 is 2.50 bits per heavy atom. The number of ketones is 1. The Morgan fingerprint density at radius 1 is 1.25 bits per heavy atom. The van der Waals surface area contributed by atoms with Gasteiger partial charge in [0.25, 0.3) is 5.91 Å². The number of Topliss-reactive ketones (excluding diaryl/α,β-unsaturated/α-hetero) is 1. The van der Waals surface area contributed by atoms with E-state index in [0.717, 1.165) is 0 Å². The molecule has 0 aliphatic carbocycles. The molecule has 0 unspecified atom stereocenters. The molecule has 0 saturated heterocycles. The smallest absolute Gasteiger partial charge is 0.303 e. The first-order valence-electron chi connectivity index (χ1n) is 8.02. The number of anilines is 1. The molecule has 1 aromatic carbocycles. The quantitative estimate of drug-likeness (QED) is 0.809. The van der Waals surface area contributed by atoms with E-state index in [1.807, 2.05) is 13.8 Å². The van der Waals surface area contributed by atoms with Crippen LogP contribution in [0.4, 0.5) is 5.69 Å². The second-order valence-electron chi connectivity index (χ2n) is 6.92. The van der Waals surface area contributed by atoms with E-state index in [1.54, 1.807) is 36.9 Å². The molecule has 1 amide bonds. The van der Waals surface area contributed by atoms with Gasteiger partial charge < -0.3 is 14.7 Å². The van der Waals surface area contributed by atoms with Crippen LogP contribution in [0.15, 0.2) is 18.2 Å². The summed E-state index contributed by atoms with van der Waals surface area (Å²) < 4.78 is 5.78. The van der Waals surface area contributed by atoms with Gasteiger partial charge in [-0.1, -0.05) is 13.8 Å². The van der Waals surface area contributed by atoms with Crippen molar-refractivity contribution in [2.24, 2.45) is 5.92 Å². The third-order valence-electron chi connectivity index (χ3n) is 3.81. The van der Waals surface area contributed by atoms with Gasteiger partial charge in [-0.15, -0.1) is 0 Å². The van der Waals surface area contributed by atoms with Crippen LogP contribution < -0.4 is 9.64 Å². The Labute approximate surface area is 141 Å². The average molecular weight is 333 g/mol. The maximum absolute atomic E-state index is 12.7. The van der Waals surface area contributed by atoms with Gasteiger partial charge in [0.1, 0.15) is 5.75 Å². The molecule has 1 aliphatic heterocycles. The summed E-state index contributed by atoms with van der Waals surface area (Å²) >= 11 is 0. The molecule has 130 valence electrons. The first-order valence-corrected chi connectivity index (χ1v) is 8.02. The Bertz CT molecular complexity index is 678. The number of carboxylic acid groups (broad SMARTS) is 1. The summed E-state index contributed by atoms with van der Waals surface area (Å²) in [4.78, 5) is 37.1. The maximum atomic E-state index is 12.7. The lowest BCUT2D eigenvalue weighted by molar-refractivity contribution is -0.137. The molecule has 1 heterocycles. The third-order valence-corrected chi connectivity index (χ3v) is 3.81. The molecule has 0 spiro atoms. The number of amides is 1. The predicted octanol–water partition coefficient (Wildman–Crippen LogP) is 2.89. The Hall–Kier alpha value is -2.37. The topological polar surface area (TPSA) is 83.9 Å². The Kier molecular flexibility index (Phi) is 4.96. The van der Waals surface area contributed by atoms with E-state index in [9.17, 15) is 14.4 Å². The lowest BCUT2D eigenvalue weighted by Gasteiger charge is -2.39. The number of benzene rings is 1. The minimum atomic E-state index is -1.01. The largest absolute Gasteiger partial charge is 0.481 e. The van der Waals surface area contributed by atoms with E-state index in [-0.39, 0.29) is 30.4 Å². The first kappa shape index (κ1) is 18.0. The molecular weight excluding hydrogens is 310 g/mol. The summed E-state index contributed by atoms with van der Waals surface area (Å²) in [7, 11) is 0. The first-order chi connectivity index (χ1) is 11.1. The highest BCUT2D eigenvalue weighted by Gasteiger charge is 2.41. The molecule has 6 heteroatoms. The van der Waals surface area contributed by atoms with E-state index < -0.39 is 11.6 Å². The fourth-order valence-corrected chi connectivity index (χ4v) is 2.65. The highest BCUT2D eigenvalue weighted by molar-refractivity contribution is 6.05. The van der Waals surface area contributed by atoms with Crippen molar-refractivity contribution in [3.63, 3.8) is 0 Å². The summed E-state index contributed by atoms with van der Waals surface area (Å²) in [6, 6.07) is 4.91. The number of carbonyl (C=O) groups excluding carboxylic acids is 2. The van der Waals surface area contributed by atoms with Gasteiger partial charge in [0.05, 0.1) is 12.1 Å². The summed E-state index contributed by atoms with van der Waals surface area (Å²) in [5.41, 5.74) is -0.00875. The van der Waals surface area contributed by atoms with Gasteiger partial charge >= 0.3 is 5.97 Å². The van der Waals surface area contributed by atoms with Gasteiger partial charge in [0.15, 0.2) is 11.4 Å². The van der Waals surface area contributed by atoms with Crippen LogP contribution in [-0.4, -0.2) is 34.9 Å². The van der Waals surface area contributed by atoms with Crippen LogP contribution in [0.25, 0.3) is 0 Å². The molecule has 0 atom stereocenters. The van der Waals surface area contributed by atoms with Crippen molar-refractivity contribution in [1.82, 2.24) is 0 Å².